The minimum Gasteiger partial charge on any atom is -0.347 e. The number of primary sulfonamides is 1. The number of sulfonamides is 2. The molecule has 0 saturated heterocycles. The highest BCUT2D eigenvalue weighted by atomic mass is 32.2. The van der Waals surface area contributed by atoms with Crippen molar-refractivity contribution in [3.05, 3.63) is 40.1 Å². The molecule has 0 bridgehead atoms. The number of alkyl halides is 6. The lowest BCUT2D eigenvalue weighted by molar-refractivity contribution is -0.146. The van der Waals surface area contributed by atoms with Gasteiger partial charge < -0.3 is 4.57 Å². The molecule has 0 amide bonds. The number of hydrogen-bond donors (Lipinski definition) is 2. The maximum absolute atomic E-state index is 14.1. The van der Waals surface area contributed by atoms with Gasteiger partial charge >= 0.3 is 12.4 Å². The minimum atomic E-state index is -5.22. The molecule has 3 atom stereocenters. The van der Waals surface area contributed by atoms with Crippen LogP contribution in [0.1, 0.15) is 63.3 Å². The lowest BCUT2D eigenvalue weighted by Gasteiger charge is -2.31. The van der Waals surface area contributed by atoms with Crippen LogP contribution in [-0.2, 0) is 26.6 Å². The highest BCUT2D eigenvalue weighted by Gasteiger charge is 2.47. The average Bonchev–Trinajstić information content (AvgIpc) is 3.09. The molecule has 3 N–H and O–H groups in total. The van der Waals surface area contributed by atoms with Gasteiger partial charge in [0.1, 0.15) is 10.9 Å². The van der Waals surface area contributed by atoms with E-state index in [0.717, 1.165) is 38.2 Å². The predicted molar refractivity (Wildman–Crippen MR) is 129 cm³/mol. The van der Waals surface area contributed by atoms with Crippen LogP contribution in [0.4, 0.5) is 26.3 Å². The van der Waals surface area contributed by atoms with Gasteiger partial charge in [-0.1, -0.05) is 38.3 Å². The maximum Gasteiger partial charge on any atom is 0.417 e. The largest absolute Gasteiger partial charge is 0.417 e. The summed E-state index contributed by atoms with van der Waals surface area (Å²) in [6.45, 7) is 3.75. The molecule has 1 fully saturated rings. The predicted octanol–water partition coefficient (Wildman–Crippen LogP) is 5.00. The second kappa shape index (κ2) is 10.6. The highest BCUT2D eigenvalue weighted by molar-refractivity contribution is 7.93. The van der Waals surface area contributed by atoms with E-state index in [1.54, 1.807) is 4.57 Å². The fourth-order valence-electron chi connectivity index (χ4n) is 5.11. The minimum absolute atomic E-state index is 0.159. The fraction of sp³-hybridized carbons (Fsp3) is 0.652. The molecule has 2 aliphatic rings. The standard InChI is InChI=1S/C23H31F6N3O4S2/c1-13-9-21(38(35,36)31-15(3)22(24,25)26)18(23(27,28)29)10-17(13)19-11-20(37(30,33)34)14(2)32(19)12-16-7-5-4-6-8-16/h9-11,13,15-17,31H,4-8,12H2,1-3H3,(H2,30,33,34)/t13?,15-,17?/m0/s1. The second-order valence-electron chi connectivity index (χ2n) is 10.1. The molecule has 1 aromatic heterocycles. The fourth-order valence-corrected chi connectivity index (χ4v) is 7.51. The van der Waals surface area contributed by atoms with Crippen molar-refractivity contribution in [1.82, 2.24) is 9.29 Å². The van der Waals surface area contributed by atoms with E-state index in [1.807, 2.05) is 0 Å². The van der Waals surface area contributed by atoms with Crippen LogP contribution >= 0.6 is 0 Å². The zero-order valence-corrected chi connectivity index (χ0v) is 22.7. The number of allylic oxidation sites excluding steroid dienone is 3. The summed E-state index contributed by atoms with van der Waals surface area (Å²) in [4.78, 5) is -1.56. The van der Waals surface area contributed by atoms with Crippen LogP contribution in [0.5, 0.6) is 0 Å². The number of rotatable bonds is 7. The Morgan fingerprint density at radius 1 is 1.05 bits per heavy atom. The SMILES string of the molecule is Cc1c(S(N)(=O)=O)cc(C2C=C(C(F)(F)F)C(S(=O)(=O)N[C@@H](C)C(F)(F)F)=CC2C)n1CC1CCCCC1. The number of nitrogens with two attached hydrogens (primary N) is 1. The monoisotopic (exact) mass is 591 g/mol. The van der Waals surface area contributed by atoms with E-state index >= 15 is 0 Å². The lowest BCUT2D eigenvalue weighted by atomic mass is 9.84. The molecule has 38 heavy (non-hydrogen) atoms. The van der Waals surface area contributed by atoms with Gasteiger partial charge in [-0.25, -0.2) is 22.0 Å². The van der Waals surface area contributed by atoms with Crippen molar-refractivity contribution in [2.24, 2.45) is 17.0 Å². The molecule has 2 aliphatic carbocycles. The topological polar surface area (TPSA) is 111 Å². The van der Waals surface area contributed by atoms with Crippen LogP contribution in [0.2, 0.25) is 0 Å². The van der Waals surface area contributed by atoms with Crippen LogP contribution in [0, 0.1) is 18.8 Å². The molecule has 1 aromatic rings. The van der Waals surface area contributed by atoms with Crippen LogP contribution < -0.4 is 9.86 Å². The van der Waals surface area contributed by atoms with E-state index in [4.69, 9.17) is 5.14 Å². The van der Waals surface area contributed by atoms with Crippen molar-refractivity contribution in [3.63, 3.8) is 0 Å². The van der Waals surface area contributed by atoms with Gasteiger partial charge in [0.25, 0.3) is 0 Å². The average molecular weight is 592 g/mol. The number of nitrogens with one attached hydrogen (secondary N) is 1. The Labute approximate surface area is 218 Å². The molecule has 7 nitrogen and oxygen atoms in total. The Bertz CT molecular complexity index is 1320. The Kier molecular flexibility index (Phi) is 8.58. The Balaban J connectivity index is 2.13. The van der Waals surface area contributed by atoms with Gasteiger partial charge in [-0.2, -0.15) is 31.1 Å². The molecular weight excluding hydrogens is 560 g/mol. The van der Waals surface area contributed by atoms with Gasteiger partial charge in [-0.05, 0) is 44.6 Å². The molecule has 0 aromatic carbocycles. The van der Waals surface area contributed by atoms with Crippen LogP contribution in [0.15, 0.2) is 33.6 Å². The summed E-state index contributed by atoms with van der Waals surface area (Å²) < 4.78 is 134. The molecule has 1 saturated carbocycles. The van der Waals surface area contributed by atoms with E-state index in [1.165, 1.54) is 24.6 Å². The number of hydrogen-bond acceptors (Lipinski definition) is 4. The van der Waals surface area contributed by atoms with Gasteiger partial charge in [0.2, 0.25) is 20.0 Å². The van der Waals surface area contributed by atoms with Crippen molar-refractivity contribution >= 4 is 20.0 Å². The van der Waals surface area contributed by atoms with E-state index in [2.05, 4.69) is 0 Å². The Morgan fingerprint density at radius 3 is 2.13 bits per heavy atom. The van der Waals surface area contributed by atoms with Crippen molar-refractivity contribution in [2.75, 3.05) is 0 Å². The van der Waals surface area contributed by atoms with Gasteiger partial charge in [-0.3, -0.25) is 0 Å². The number of nitrogens with zero attached hydrogens (tertiary/aromatic N) is 1. The third-order valence-electron chi connectivity index (χ3n) is 7.18. The van der Waals surface area contributed by atoms with Crippen molar-refractivity contribution in [1.29, 1.82) is 0 Å². The molecular formula is C23H31F6N3O4S2. The van der Waals surface area contributed by atoms with E-state index in [9.17, 15) is 43.2 Å². The maximum atomic E-state index is 14.1. The van der Waals surface area contributed by atoms with Crippen molar-refractivity contribution in [2.45, 2.75) is 88.6 Å². The first-order valence-corrected chi connectivity index (χ1v) is 15.1. The first-order chi connectivity index (χ1) is 17.2. The van der Waals surface area contributed by atoms with Gasteiger partial charge in [-0.15, -0.1) is 0 Å². The van der Waals surface area contributed by atoms with Crippen LogP contribution in [0.25, 0.3) is 0 Å². The van der Waals surface area contributed by atoms with Gasteiger partial charge in [0.15, 0.2) is 0 Å². The van der Waals surface area contributed by atoms with Crippen molar-refractivity contribution < 1.29 is 43.2 Å². The summed E-state index contributed by atoms with van der Waals surface area (Å²) in [6.07, 6.45) is -4.12. The van der Waals surface area contributed by atoms with E-state index in [-0.39, 0.29) is 22.2 Å². The molecule has 2 unspecified atom stereocenters. The van der Waals surface area contributed by atoms with Crippen LogP contribution in [0.3, 0.4) is 0 Å². The third kappa shape index (κ3) is 6.65. The van der Waals surface area contributed by atoms with Gasteiger partial charge in [0.05, 0.1) is 10.5 Å². The second-order valence-corrected chi connectivity index (χ2v) is 13.3. The molecule has 0 aliphatic heterocycles. The number of aromatic nitrogens is 1. The molecule has 0 radical (unpaired) electrons. The molecule has 216 valence electrons. The molecule has 15 heteroatoms. The summed E-state index contributed by atoms with van der Waals surface area (Å²) >= 11 is 0. The van der Waals surface area contributed by atoms with Crippen molar-refractivity contribution in [3.8, 4) is 0 Å². The Hall–Kier alpha value is -1.84. The molecule has 0 spiro atoms. The molecule has 3 rings (SSSR count). The molecule has 1 heterocycles. The Morgan fingerprint density at radius 2 is 1.63 bits per heavy atom. The van der Waals surface area contributed by atoms with Crippen LogP contribution in [-0.4, -0.2) is 39.8 Å². The van der Waals surface area contributed by atoms with E-state index in [0.29, 0.717) is 19.5 Å². The third-order valence-corrected chi connectivity index (χ3v) is 9.80. The summed E-state index contributed by atoms with van der Waals surface area (Å²) in [6, 6.07) is -1.42. The lowest BCUT2D eigenvalue weighted by Crippen LogP contribution is -2.44. The smallest absolute Gasteiger partial charge is 0.347 e. The first-order valence-electron chi connectivity index (χ1n) is 12.1. The zero-order valence-electron chi connectivity index (χ0n) is 21.0. The zero-order chi connectivity index (χ0) is 28.8. The summed E-state index contributed by atoms with van der Waals surface area (Å²) in [5.74, 6) is -1.91. The first kappa shape index (κ1) is 30.7. The summed E-state index contributed by atoms with van der Waals surface area (Å²) in [5.41, 5.74) is -1.16. The number of halogens is 6. The highest BCUT2D eigenvalue weighted by Crippen LogP contribution is 2.44. The quantitative estimate of drug-likeness (QED) is 0.435. The summed E-state index contributed by atoms with van der Waals surface area (Å²) in [5, 5.41) is 5.37. The summed E-state index contributed by atoms with van der Waals surface area (Å²) in [7, 11) is -9.44. The normalized spacial score (nSPS) is 23.2. The van der Waals surface area contributed by atoms with Gasteiger partial charge in [0, 0.05) is 23.9 Å². The van der Waals surface area contributed by atoms with E-state index < -0.39 is 60.8 Å².